The van der Waals surface area contributed by atoms with Crippen molar-refractivity contribution in [3.05, 3.63) is 84.8 Å². The van der Waals surface area contributed by atoms with E-state index < -0.39 is 0 Å². The molecule has 0 fully saturated rings. The smallest absolute Gasteiger partial charge is 0.223 e. The maximum absolute atomic E-state index is 4.69. The van der Waals surface area contributed by atoms with Crippen molar-refractivity contribution in [2.45, 2.75) is 13.0 Å². The SMILES string of the molecule is CC(Nc1ncc2cc(-c3ccnc4[nH]ccc34)ccc2n1)c1ccccc1.Cl. The Morgan fingerprint density at radius 3 is 2.69 bits per heavy atom. The van der Waals surface area contributed by atoms with Gasteiger partial charge in [-0.2, -0.15) is 0 Å². The number of aromatic nitrogens is 4. The number of fused-ring (bicyclic) bond motifs is 2. The van der Waals surface area contributed by atoms with Crippen molar-refractivity contribution in [3.63, 3.8) is 0 Å². The summed E-state index contributed by atoms with van der Waals surface area (Å²) in [5, 5.41) is 5.50. The van der Waals surface area contributed by atoms with Gasteiger partial charge in [0.25, 0.3) is 0 Å². The van der Waals surface area contributed by atoms with Crippen LogP contribution in [0.1, 0.15) is 18.5 Å². The Bertz CT molecular complexity index is 1270. The fourth-order valence-electron chi connectivity index (χ4n) is 3.50. The molecule has 144 valence electrons. The topological polar surface area (TPSA) is 66.5 Å². The summed E-state index contributed by atoms with van der Waals surface area (Å²) in [6, 6.07) is 20.8. The zero-order chi connectivity index (χ0) is 18.9. The zero-order valence-corrected chi connectivity index (χ0v) is 16.6. The fourth-order valence-corrected chi connectivity index (χ4v) is 3.50. The van der Waals surface area contributed by atoms with Crippen molar-refractivity contribution in [2.75, 3.05) is 5.32 Å². The van der Waals surface area contributed by atoms with Crippen molar-refractivity contribution in [2.24, 2.45) is 0 Å². The van der Waals surface area contributed by atoms with Gasteiger partial charge in [0.2, 0.25) is 5.95 Å². The Balaban J connectivity index is 0.00000205. The van der Waals surface area contributed by atoms with Gasteiger partial charge in [0.15, 0.2) is 0 Å². The molecule has 0 radical (unpaired) electrons. The normalized spacial score (nSPS) is 11.9. The predicted molar refractivity (Wildman–Crippen MR) is 120 cm³/mol. The molecule has 0 bridgehead atoms. The molecule has 1 atom stereocenters. The lowest BCUT2D eigenvalue weighted by atomic mass is 10.0. The van der Waals surface area contributed by atoms with Gasteiger partial charge in [-0.3, -0.25) is 0 Å². The number of rotatable bonds is 4. The number of anilines is 1. The highest BCUT2D eigenvalue weighted by molar-refractivity contribution is 5.95. The van der Waals surface area contributed by atoms with Crippen LogP contribution in [0.15, 0.2) is 79.3 Å². The second-order valence-corrected chi connectivity index (χ2v) is 6.84. The third kappa shape index (κ3) is 3.65. The van der Waals surface area contributed by atoms with E-state index in [1.54, 1.807) is 0 Å². The number of nitrogens with zero attached hydrogens (tertiary/aromatic N) is 3. The summed E-state index contributed by atoms with van der Waals surface area (Å²) in [4.78, 5) is 16.7. The summed E-state index contributed by atoms with van der Waals surface area (Å²) in [7, 11) is 0. The van der Waals surface area contributed by atoms with Gasteiger partial charge in [-0.15, -0.1) is 12.4 Å². The van der Waals surface area contributed by atoms with Crippen LogP contribution in [-0.4, -0.2) is 19.9 Å². The minimum Gasteiger partial charge on any atom is -0.348 e. The first-order valence-electron chi connectivity index (χ1n) is 9.29. The molecule has 3 aromatic heterocycles. The number of nitrogens with one attached hydrogen (secondary N) is 2. The molecule has 5 aromatic rings. The minimum atomic E-state index is 0. The third-order valence-corrected chi connectivity index (χ3v) is 5.00. The van der Waals surface area contributed by atoms with Crippen molar-refractivity contribution >= 4 is 40.3 Å². The van der Waals surface area contributed by atoms with Crippen LogP contribution in [0.5, 0.6) is 0 Å². The highest BCUT2D eigenvalue weighted by atomic mass is 35.5. The minimum absolute atomic E-state index is 0. The Hall–Kier alpha value is -3.44. The molecule has 0 amide bonds. The molecule has 2 aromatic carbocycles. The molecular formula is C23H20ClN5. The lowest BCUT2D eigenvalue weighted by Crippen LogP contribution is -2.09. The third-order valence-electron chi connectivity index (χ3n) is 5.00. The van der Waals surface area contributed by atoms with Crippen LogP contribution in [0.4, 0.5) is 5.95 Å². The van der Waals surface area contributed by atoms with Gasteiger partial charge >= 0.3 is 0 Å². The summed E-state index contributed by atoms with van der Waals surface area (Å²) in [5.74, 6) is 0.633. The van der Waals surface area contributed by atoms with Gasteiger partial charge in [-0.1, -0.05) is 36.4 Å². The van der Waals surface area contributed by atoms with Crippen LogP contribution in [-0.2, 0) is 0 Å². The number of benzene rings is 2. The van der Waals surface area contributed by atoms with E-state index in [9.17, 15) is 0 Å². The van der Waals surface area contributed by atoms with Crippen LogP contribution < -0.4 is 5.32 Å². The highest BCUT2D eigenvalue weighted by Gasteiger charge is 2.09. The molecule has 6 heteroatoms. The van der Waals surface area contributed by atoms with Crippen LogP contribution in [0.2, 0.25) is 0 Å². The molecule has 0 aliphatic rings. The molecule has 0 aliphatic heterocycles. The maximum Gasteiger partial charge on any atom is 0.223 e. The lowest BCUT2D eigenvalue weighted by molar-refractivity contribution is 0.864. The van der Waals surface area contributed by atoms with E-state index in [1.165, 1.54) is 5.56 Å². The average molecular weight is 402 g/mol. The first-order valence-corrected chi connectivity index (χ1v) is 9.29. The van der Waals surface area contributed by atoms with Crippen LogP contribution in [0.3, 0.4) is 0 Å². The number of halogens is 1. The van der Waals surface area contributed by atoms with Gasteiger partial charge in [0.1, 0.15) is 5.65 Å². The Kier molecular flexibility index (Phi) is 5.14. The van der Waals surface area contributed by atoms with Gasteiger partial charge < -0.3 is 10.3 Å². The molecule has 2 N–H and O–H groups in total. The molecule has 29 heavy (non-hydrogen) atoms. The predicted octanol–water partition coefficient (Wildman–Crippen LogP) is 5.77. The molecule has 0 saturated heterocycles. The van der Waals surface area contributed by atoms with Crippen LogP contribution in [0, 0.1) is 0 Å². The van der Waals surface area contributed by atoms with E-state index in [2.05, 4.69) is 62.5 Å². The van der Waals surface area contributed by atoms with Gasteiger partial charge in [0.05, 0.1) is 11.6 Å². The first kappa shape index (κ1) is 18.9. The zero-order valence-electron chi connectivity index (χ0n) is 15.8. The maximum atomic E-state index is 4.69. The van der Waals surface area contributed by atoms with E-state index in [0.29, 0.717) is 5.95 Å². The van der Waals surface area contributed by atoms with E-state index >= 15 is 0 Å². The number of aromatic amines is 1. The van der Waals surface area contributed by atoms with Crippen LogP contribution >= 0.6 is 12.4 Å². The summed E-state index contributed by atoms with van der Waals surface area (Å²) in [6.45, 7) is 2.11. The standard InChI is InChI=1S/C23H19N5.ClH/c1-15(16-5-3-2-4-6-16)27-23-26-14-18-13-17(7-8-21(18)28-23)19-9-11-24-22-20(19)10-12-25-22;/h2-15H,1H3,(H,24,25)(H,26,27,28);1H. The second kappa shape index (κ2) is 7.89. The quantitative estimate of drug-likeness (QED) is 0.401. The van der Waals surface area contributed by atoms with Crippen molar-refractivity contribution < 1.29 is 0 Å². The number of pyridine rings is 1. The molecule has 3 heterocycles. The first-order chi connectivity index (χ1) is 13.8. The molecule has 0 aliphatic carbocycles. The molecule has 1 unspecified atom stereocenters. The second-order valence-electron chi connectivity index (χ2n) is 6.84. The van der Waals surface area contributed by atoms with Crippen molar-refractivity contribution in [3.8, 4) is 11.1 Å². The largest absolute Gasteiger partial charge is 0.348 e. The van der Waals surface area contributed by atoms with E-state index in [-0.39, 0.29) is 18.4 Å². The van der Waals surface area contributed by atoms with Crippen molar-refractivity contribution in [1.29, 1.82) is 0 Å². The van der Waals surface area contributed by atoms with E-state index in [4.69, 9.17) is 0 Å². The van der Waals surface area contributed by atoms with Crippen molar-refractivity contribution in [1.82, 2.24) is 19.9 Å². The molecule has 5 nitrogen and oxygen atoms in total. The van der Waals surface area contributed by atoms with Gasteiger partial charge in [0, 0.05) is 29.4 Å². The number of H-pyrrole nitrogens is 1. The number of hydrogen-bond acceptors (Lipinski definition) is 4. The van der Waals surface area contributed by atoms with Gasteiger partial charge in [-0.05, 0) is 47.9 Å². The van der Waals surface area contributed by atoms with E-state index in [0.717, 1.165) is 33.1 Å². The molecule has 5 rings (SSSR count). The van der Waals surface area contributed by atoms with E-state index in [1.807, 2.05) is 48.9 Å². The monoisotopic (exact) mass is 401 g/mol. The van der Waals surface area contributed by atoms with Crippen LogP contribution in [0.25, 0.3) is 33.1 Å². The fraction of sp³-hybridized carbons (Fsp3) is 0.0870. The Labute approximate surface area is 174 Å². The summed E-state index contributed by atoms with van der Waals surface area (Å²) < 4.78 is 0. The Morgan fingerprint density at radius 1 is 0.966 bits per heavy atom. The molecular weight excluding hydrogens is 382 g/mol. The molecule has 0 spiro atoms. The molecule has 0 saturated carbocycles. The lowest BCUT2D eigenvalue weighted by Gasteiger charge is -2.14. The summed E-state index contributed by atoms with van der Waals surface area (Å²) >= 11 is 0. The summed E-state index contributed by atoms with van der Waals surface area (Å²) in [5.41, 5.74) is 5.29. The number of hydrogen-bond donors (Lipinski definition) is 2. The van der Waals surface area contributed by atoms with Gasteiger partial charge in [-0.25, -0.2) is 15.0 Å². The average Bonchev–Trinajstić information content (AvgIpc) is 3.23. The summed E-state index contributed by atoms with van der Waals surface area (Å²) in [6.07, 6.45) is 5.62. The highest BCUT2D eigenvalue weighted by Crippen LogP contribution is 2.29. The Morgan fingerprint density at radius 2 is 1.83 bits per heavy atom.